The number of hydrogen-bond acceptors (Lipinski definition) is 4. The van der Waals surface area contributed by atoms with Crippen molar-refractivity contribution in [3.63, 3.8) is 0 Å². The molecule has 0 amide bonds. The van der Waals surface area contributed by atoms with E-state index in [0.717, 1.165) is 5.56 Å². The molecule has 0 aliphatic heterocycles. The Morgan fingerprint density at radius 2 is 1.52 bits per heavy atom. The van der Waals surface area contributed by atoms with Crippen LogP contribution in [0.4, 0.5) is 0 Å². The maximum Gasteiger partial charge on any atom is 0.314 e. The molecule has 1 unspecified atom stereocenters. The Balaban J connectivity index is 3.06. The van der Waals surface area contributed by atoms with Crippen LogP contribution in [0.2, 0.25) is 0 Å². The van der Waals surface area contributed by atoms with Crippen LogP contribution in [0.1, 0.15) is 50.5 Å². The molecule has 0 saturated carbocycles. The topological polar surface area (TPSA) is 60.4 Å². The lowest BCUT2D eigenvalue weighted by atomic mass is 9.64. The fourth-order valence-corrected chi connectivity index (χ4v) is 2.62. The van der Waals surface area contributed by atoms with Crippen LogP contribution in [-0.2, 0) is 20.5 Å². The Hall–Kier alpha value is -1.54. The smallest absolute Gasteiger partial charge is 0.314 e. The maximum absolute atomic E-state index is 12.9. The molecule has 1 atom stereocenters. The van der Waals surface area contributed by atoms with Crippen molar-refractivity contribution in [1.82, 2.24) is 0 Å². The van der Waals surface area contributed by atoms with E-state index in [9.17, 15) is 14.4 Å². The minimum absolute atomic E-state index is 0.0536. The van der Waals surface area contributed by atoms with Gasteiger partial charge in [0.1, 0.15) is 5.78 Å². The van der Waals surface area contributed by atoms with E-state index in [0.29, 0.717) is 12.0 Å². The molecule has 23 heavy (non-hydrogen) atoms. The Bertz CT molecular complexity index is 600. The zero-order valence-corrected chi connectivity index (χ0v) is 15.6. The summed E-state index contributed by atoms with van der Waals surface area (Å²) in [6, 6.07) is 6.99. The van der Waals surface area contributed by atoms with Crippen molar-refractivity contribution >= 4 is 26.3 Å². The maximum atomic E-state index is 12.9. The van der Waals surface area contributed by atoms with E-state index in [1.54, 1.807) is 58.6 Å². The summed E-state index contributed by atoms with van der Waals surface area (Å²) < 4.78 is 5.14. The first kappa shape index (κ1) is 19.5. The standard InChI is InChI=1S/C18H25O4P/c1-12(19)11-13-7-9-14(10-8-13)15(20)17(2,3)18(4,5)16(21)22-23-6/h7-10,23H,11H2,1-6H3. The van der Waals surface area contributed by atoms with Crippen molar-refractivity contribution in [3.05, 3.63) is 35.4 Å². The number of Topliss-reactive ketones (excluding diaryl/α,β-unsaturated/α-hetero) is 2. The highest BCUT2D eigenvalue weighted by molar-refractivity contribution is 7.31. The Morgan fingerprint density at radius 3 is 1.96 bits per heavy atom. The highest BCUT2D eigenvalue weighted by atomic mass is 31.1. The number of hydrogen-bond donors (Lipinski definition) is 0. The van der Waals surface area contributed by atoms with Gasteiger partial charge in [-0.15, -0.1) is 0 Å². The summed E-state index contributed by atoms with van der Waals surface area (Å²) in [5, 5.41) is 0. The third-order valence-electron chi connectivity index (χ3n) is 4.50. The highest BCUT2D eigenvalue weighted by Gasteiger charge is 2.49. The first-order valence-electron chi connectivity index (χ1n) is 7.55. The molecule has 0 fully saturated rings. The van der Waals surface area contributed by atoms with Crippen molar-refractivity contribution < 1.29 is 18.9 Å². The number of rotatable bonds is 7. The Morgan fingerprint density at radius 1 is 1.00 bits per heavy atom. The minimum atomic E-state index is -0.939. The average molecular weight is 336 g/mol. The van der Waals surface area contributed by atoms with Crippen LogP contribution in [-0.4, -0.2) is 24.2 Å². The number of benzene rings is 1. The summed E-state index contributed by atoms with van der Waals surface area (Å²) in [6.45, 7) is 10.3. The van der Waals surface area contributed by atoms with Crippen molar-refractivity contribution in [2.24, 2.45) is 10.8 Å². The quantitative estimate of drug-likeness (QED) is 0.561. The molecule has 0 spiro atoms. The number of carbonyl (C=O) groups is 3. The van der Waals surface area contributed by atoms with Gasteiger partial charge in [-0.2, -0.15) is 0 Å². The van der Waals surface area contributed by atoms with E-state index in [1.165, 1.54) is 6.92 Å². The normalized spacial score (nSPS) is 12.4. The molecule has 0 N–H and O–H groups in total. The van der Waals surface area contributed by atoms with Crippen LogP contribution in [0, 0.1) is 10.8 Å². The van der Waals surface area contributed by atoms with Crippen LogP contribution >= 0.6 is 8.81 Å². The predicted molar refractivity (Wildman–Crippen MR) is 93.1 cm³/mol. The predicted octanol–water partition coefficient (Wildman–Crippen LogP) is 3.82. The second kappa shape index (κ2) is 7.35. The second-order valence-corrected chi connectivity index (χ2v) is 7.36. The third-order valence-corrected chi connectivity index (χ3v) is 4.89. The molecule has 0 bridgehead atoms. The first-order valence-corrected chi connectivity index (χ1v) is 8.96. The van der Waals surface area contributed by atoms with E-state index in [4.69, 9.17) is 4.52 Å². The van der Waals surface area contributed by atoms with E-state index in [2.05, 4.69) is 0 Å². The molecule has 1 aromatic rings. The van der Waals surface area contributed by atoms with Crippen LogP contribution in [0.15, 0.2) is 24.3 Å². The summed E-state index contributed by atoms with van der Waals surface area (Å²) in [6.07, 6.45) is 0.354. The van der Waals surface area contributed by atoms with Gasteiger partial charge < -0.3 is 4.52 Å². The van der Waals surface area contributed by atoms with Crippen molar-refractivity contribution in [2.45, 2.75) is 41.0 Å². The molecule has 126 valence electrons. The molecular weight excluding hydrogens is 311 g/mol. The van der Waals surface area contributed by atoms with Gasteiger partial charge in [0, 0.05) is 17.4 Å². The molecule has 0 radical (unpaired) electrons. The van der Waals surface area contributed by atoms with Crippen molar-refractivity contribution in [3.8, 4) is 0 Å². The molecule has 0 aromatic heterocycles. The monoisotopic (exact) mass is 336 g/mol. The van der Waals surface area contributed by atoms with E-state index >= 15 is 0 Å². The van der Waals surface area contributed by atoms with Crippen LogP contribution in [0.3, 0.4) is 0 Å². The summed E-state index contributed by atoms with van der Waals surface area (Å²) in [4.78, 5) is 36.2. The summed E-state index contributed by atoms with van der Waals surface area (Å²) in [5.74, 6) is -0.410. The summed E-state index contributed by atoms with van der Waals surface area (Å²) in [5.41, 5.74) is -0.448. The van der Waals surface area contributed by atoms with E-state index in [-0.39, 0.29) is 26.3 Å². The van der Waals surface area contributed by atoms with Gasteiger partial charge in [0.2, 0.25) is 0 Å². The summed E-state index contributed by atoms with van der Waals surface area (Å²) in [7, 11) is 0.0536. The molecule has 4 nitrogen and oxygen atoms in total. The molecular formula is C18H25O4P. The lowest BCUT2D eigenvalue weighted by Gasteiger charge is -2.37. The Kier molecular flexibility index (Phi) is 6.24. The minimum Gasteiger partial charge on any atom is -0.448 e. The number of carbonyl (C=O) groups excluding carboxylic acids is 3. The van der Waals surface area contributed by atoms with Crippen LogP contribution < -0.4 is 0 Å². The molecule has 0 heterocycles. The van der Waals surface area contributed by atoms with Gasteiger partial charge in [-0.1, -0.05) is 38.1 Å². The fraction of sp³-hybridized carbons (Fsp3) is 0.500. The number of ketones is 2. The molecule has 0 saturated heterocycles. The van der Waals surface area contributed by atoms with Gasteiger partial charge in [-0.25, -0.2) is 0 Å². The Labute approximate surface area is 139 Å². The average Bonchev–Trinajstić information content (AvgIpc) is 2.46. The zero-order valence-electron chi connectivity index (χ0n) is 14.6. The third kappa shape index (κ3) is 4.26. The van der Waals surface area contributed by atoms with Crippen LogP contribution in [0.5, 0.6) is 0 Å². The van der Waals surface area contributed by atoms with Gasteiger partial charge in [0.25, 0.3) is 0 Å². The van der Waals surface area contributed by atoms with Crippen molar-refractivity contribution in [1.29, 1.82) is 0 Å². The molecule has 0 aliphatic carbocycles. The summed E-state index contributed by atoms with van der Waals surface area (Å²) >= 11 is 0. The van der Waals surface area contributed by atoms with E-state index < -0.39 is 10.8 Å². The van der Waals surface area contributed by atoms with Gasteiger partial charge in [-0.3, -0.25) is 14.4 Å². The van der Waals surface area contributed by atoms with Gasteiger partial charge in [0.05, 0.1) is 14.2 Å². The van der Waals surface area contributed by atoms with Gasteiger partial charge in [-0.05, 0) is 33.0 Å². The lowest BCUT2D eigenvalue weighted by Crippen LogP contribution is -2.45. The van der Waals surface area contributed by atoms with Gasteiger partial charge >= 0.3 is 5.97 Å². The fourth-order valence-electron chi connectivity index (χ4n) is 2.18. The SMILES string of the molecule is CPOC(=O)C(C)(C)C(C)(C)C(=O)c1ccc(CC(C)=O)cc1. The molecule has 1 rings (SSSR count). The van der Waals surface area contributed by atoms with Crippen LogP contribution in [0.25, 0.3) is 0 Å². The van der Waals surface area contributed by atoms with E-state index in [1.807, 2.05) is 0 Å². The highest BCUT2D eigenvalue weighted by Crippen LogP contribution is 2.43. The largest absolute Gasteiger partial charge is 0.448 e. The molecule has 5 heteroatoms. The molecule has 0 aliphatic rings. The first-order chi connectivity index (χ1) is 10.5. The zero-order chi connectivity index (χ0) is 17.8. The second-order valence-electron chi connectivity index (χ2n) is 6.75. The lowest BCUT2D eigenvalue weighted by molar-refractivity contribution is -0.147. The van der Waals surface area contributed by atoms with Gasteiger partial charge in [0.15, 0.2) is 5.78 Å². The molecule has 1 aromatic carbocycles. The van der Waals surface area contributed by atoms with Crippen molar-refractivity contribution in [2.75, 3.05) is 6.66 Å².